The van der Waals surface area contributed by atoms with E-state index in [1.54, 1.807) is 35.2 Å². The van der Waals surface area contributed by atoms with Gasteiger partial charge in [-0.2, -0.15) is 5.26 Å². The van der Waals surface area contributed by atoms with Gasteiger partial charge in [0.15, 0.2) is 11.8 Å². The van der Waals surface area contributed by atoms with Crippen molar-refractivity contribution in [3.8, 4) is 6.07 Å². The summed E-state index contributed by atoms with van der Waals surface area (Å²) in [5.41, 5.74) is 1.02. The Hall–Kier alpha value is -3.81. The number of benzene rings is 2. The van der Waals surface area contributed by atoms with Crippen LogP contribution in [0.5, 0.6) is 0 Å². The molecular formula is C22H18ClN5O4S. The van der Waals surface area contributed by atoms with Gasteiger partial charge in [0.2, 0.25) is 5.91 Å². The predicted octanol–water partition coefficient (Wildman–Crippen LogP) is 3.47. The van der Waals surface area contributed by atoms with Crippen molar-refractivity contribution in [2.45, 2.75) is 5.16 Å². The molecule has 0 aliphatic carbocycles. The fourth-order valence-electron chi connectivity index (χ4n) is 2.67. The maximum absolute atomic E-state index is 12.5. The van der Waals surface area contributed by atoms with Gasteiger partial charge in [-0.25, -0.2) is 9.78 Å². The van der Waals surface area contributed by atoms with Gasteiger partial charge in [0.1, 0.15) is 6.07 Å². The summed E-state index contributed by atoms with van der Waals surface area (Å²) in [7, 11) is 1.82. The minimum Gasteiger partial charge on any atom is -0.452 e. The first-order chi connectivity index (χ1) is 15.9. The van der Waals surface area contributed by atoms with Crippen LogP contribution < -0.4 is 10.6 Å². The summed E-state index contributed by atoms with van der Waals surface area (Å²) >= 11 is 7.20. The molecule has 0 spiro atoms. The molecule has 0 unspecified atom stereocenters. The van der Waals surface area contributed by atoms with Crippen LogP contribution in [0.15, 0.2) is 60.0 Å². The summed E-state index contributed by atoms with van der Waals surface area (Å²) in [6.07, 6.45) is 3.41. The number of aromatic nitrogens is 2. The lowest BCUT2D eigenvalue weighted by atomic mass is 10.2. The number of nitrogens with one attached hydrogen (secondary N) is 2. The molecule has 9 nitrogen and oxygen atoms in total. The van der Waals surface area contributed by atoms with Gasteiger partial charge < -0.3 is 19.9 Å². The van der Waals surface area contributed by atoms with Gasteiger partial charge in [0.25, 0.3) is 5.91 Å². The number of rotatable bonds is 8. The minimum atomic E-state index is -0.768. The Morgan fingerprint density at radius 1 is 1.18 bits per heavy atom. The lowest BCUT2D eigenvalue weighted by Gasteiger charge is -2.11. The number of amides is 2. The lowest BCUT2D eigenvalue weighted by Crippen LogP contribution is -2.22. The molecule has 168 valence electrons. The summed E-state index contributed by atoms with van der Waals surface area (Å²) in [5.74, 6) is -1.57. The van der Waals surface area contributed by atoms with Crippen molar-refractivity contribution in [1.29, 1.82) is 5.26 Å². The topological polar surface area (TPSA) is 126 Å². The predicted molar refractivity (Wildman–Crippen MR) is 124 cm³/mol. The van der Waals surface area contributed by atoms with Crippen LogP contribution in [0.2, 0.25) is 5.02 Å². The van der Waals surface area contributed by atoms with Crippen LogP contribution in [0, 0.1) is 11.3 Å². The lowest BCUT2D eigenvalue weighted by molar-refractivity contribution is -0.119. The first kappa shape index (κ1) is 23.8. The standard InChI is InChI=1S/C22H18ClN5O4S/c1-28-9-8-25-22(28)33-13-20(30)27-18-5-3-2-4-16(18)21(31)32-12-19(29)26-15-7-6-14(11-24)17(23)10-15/h2-10H,12-13H2,1H3,(H,26,29)(H,27,30). The van der Waals surface area contributed by atoms with Crippen LogP contribution in [-0.4, -0.2) is 39.7 Å². The summed E-state index contributed by atoms with van der Waals surface area (Å²) < 4.78 is 6.88. The van der Waals surface area contributed by atoms with Gasteiger partial charge in [-0.15, -0.1) is 0 Å². The Morgan fingerprint density at radius 2 is 1.97 bits per heavy atom. The fraction of sp³-hybridized carbons (Fsp3) is 0.136. The van der Waals surface area contributed by atoms with Crippen LogP contribution in [-0.2, 0) is 21.4 Å². The molecule has 0 fully saturated rings. The monoisotopic (exact) mass is 483 g/mol. The molecule has 0 bridgehead atoms. The largest absolute Gasteiger partial charge is 0.452 e. The minimum absolute atomic E-state index is 0.101. The molecule has 0 aliphatic heterocycles. The number of imidazole rings is 1. The smallest absolute Gasteiger partial charge is 0.340 e. The van der Waals surface area contributed by atoms with E-state index in [0.717, 1.165) is 0 Å². The van der Waals surface area contributed by atoms with Gasteiger partial charge in [0.05, 0.1) is 27.6 Å². The average Bonchev–Trinajstić information content (AvgIpc) is 3.21. The molecule has 3 rings (SSSR count). The molecule has 0 saturated heterocycles. The number of nitriles is 1. The Labute approximate surface area is 198 Å². The van der Waals surface area contributed by atoms with Crippen molar-refractivity contribution < 1.29 is 19.1 Å². The average molecular weight is 484 g/mol. The van der Waals surface area contributed by atoms with E-state index in [4.69, 9.17) is 21.6 Å². The molecule has 0 saturated carbocycles. The summed E-state index contributed by atoms with van der Waals surface area (Å²) in [6, 6.07) is 12.7. The Balaban J connectivity index is 1.55. The van der Waals surface area contributed by atoms with E-state index >= 15 is 0 Å². The van der Waals surface area contributed by atoms with Gasteiger partial charge in [-0.05, 0) is 30.3 Å². The normalized spacial score (nSPS) is 10.2. The highest BCUT2D eigenvalue weighted by molar-refractivity contribution is 7.99. The van der Waals surface area contributed by atoms with Crippen LogP contribution in [0.1, 0.15) is 15.9 Å². The second kappa shape index (κ2) is 11.2. The molecular weight excluding hydrogens is 466 g/mol. The number of ether oxygens (including phenoxy) is 1. The van der Waals surface area contributed by atoms with Gasteiger partial charge in [-0.3, -0.25) is 9.59 Å². The molecule has 0 radical (unpaired) electrons. The number of aryl methyl sites for hydroxylation is 1. The highest BCUT2D eigenvalue weighted by Crippen LogP contribution is 2.21. The molecule has 11 heteroatoms. The van der Waals surface area contributed by atoms with E-state index < -0.39 is 18.5 Å². The van der Waals surface area contributed by atoms with Crippen molar-refractivity contribution >= 4 is 52.5 Å². The third kappa shape index (κ3) is 6.58. The first-order valence-corrected chi connectivity index (χ1v) is 10.9. The quantitative estimate of drug-likeness (QED) is 0.371. The zero-order valence-corrected chi connectivity index (χ0v) is 18.9. The maximum atomic E-state index is 12.5. The summed E-state index contributed by atoms with van der Waals surface area (Å²) in [5, 5.41) is 15.0. The number of para-hydroxylation sites is 1. The van der Waals surface area contributed by atoms with Crippen molar-refractivity contribution in [3.63, 3.8) is 0 Å². The number of anilines is 2. The molecule has 1 aromatic heterocycles. The van der Waals surface area contributed by atoms with Crippen LogP contribution >= 0.6 is 23.4 Å². The number of halogens is 1. The highest BCUT2D eigenvalue weighted by Gasteiger charge is 2.16. The van der Waals surface area contributed by atoms with E-state index in [0.29, 0.717) is 10.8 Å². The molecule has 0 aliphatic rings. The molecule has 2 amide bonds. The van der Waals surface area contributed by atoms with Crippen LogP contribution in [0.3, 0.4) is 0 Å². The zero-order valence-electron chi connectivity index (χ0n) is 17.4. The maximum Gasteiger partial charge on any atom is 0.340 e. The zero-order chi connectivity index (χ0) is 23.8. The third-order valence-electron chi connectivity index (χ3n) is 4.24. The van der Waals surface area contributed by atoms with E-state index in [9.17, 15) is 14.4 Å². The van der Waals surface area contributed by atoms with E-state index in [2.05, 4.69) is 15.6 Å². The SMILES string of the molecule is Cn1ccnc1SCC(=O)Nc1ccccc1C(=O)OCC(=O)Nc1ccc(C#N)c(Cl)c1. The molecule has 0 atom stereocenters. The molecule has 2 aromatic carbocycles. The van der Waals surface area contributed by atoms with E-state index in [1.807, 2.05) is 13.1 Å². The van der Waals surface area contributed by atoms with Gasteiger partial charge in [0, 0.05) is 25.1 Å². The van der Waals surface area contributed by atoms with Crippen LogP contribution in [0.4, 0.5) is 11.4 Å². The number of nitrogens with zero attached hydrogens (tertiary/aromatic N) is 3. The van der Waals surface area contributed by atoms with Gasteiger partial charge >= 0.3 is 5.97 Å². The number of thioether (sulfide) groups is 1. The van der Waals surface area contributed by atoms with E-state index in [-0.39, 0.29) is 33.5 Å². The van der Waals surface area contributed by atoms with Crippen molar-refractivity contribution in [2.75, 3.05) is 23.0 Å². The first-order valence-electron chi connectivity index (χ1n) is 9.53. The number of carbonyl (C=O) groups excluding carboxylic acids is 3. The molecule has 3 aromatic rings. The van der Waals surface area contributed by atoms with Crippen LogP contribution in [0.25, 0.3) is 0 Å². The van der Waals surface area contributed by atoms with E-state index in [1.165, 1.54) is 36.0 Å². The van der Waals surface area contributed by atoms with Crippen molar-refractivity contribution in [2.24, 2.45) is 7.05 Å². The number of esters is 1. The Kier molecular flexibility index (Phi) is 8.07. The number of hydrogen-bond donors (Lipinski definition) is 2. The Bertz CT molecular complexity index is 1240. The fourth-order valence-corrected chi connectivity index (χ4v) is 3.62. The highest BCUT2D eigenvalue weighted by atomic mass is 35.5. The molecule has 33 heavy (non-hydrogen) atoms. The molecule has 2 N–H and O–H groups in total. The third-order valence-corrected chi connectivity index (χ3v) is 5.61. The second-order valence-corrected chi connectivity index (χ2v) is 7.98. The number of carbonyl (C=O) groups is 3. The van der Waals surface area contributed by atoms with Crippen molar-refractivity contribution in [1.82, 2.24) is 9.55 Å². The Morgan fingerprint density at radius 3 is 2.67 bits per heavy atom. The number of hydrogen-bond acceptors (Lipinski definition) is 7. The summed E-state index contributed by atoms with van der Waals surface area (Å²) in [4.78, 5) is 41.1. The van der Waals surface area contributed by atoms with Crippen molar-refractivity contribution in [3.05, 3.63) is 71.0 Å². The summed E-state index contributed by atoms with van der Waals surface area (Å²) in [6.45, 7) is -0.548. The second-order valence-electron chi connectivity index (χ2n) is 6.63. The van der Waals surface area contributed by atoms with Gasteiger partial charge in [-0.1, -0.05) is 35.5 Å². The molecule has 1 heterocycles.